The van der Waals surface area contributed by atoms with Crippen LogP contribution in [0.25, 0.3) is 11.2 Å². The Morgan fingerprint density at radius 1 is 1.07 bits per heavy atom. The minimum absolute atomic E-state index is 0.132. The summed E-state index contributed by atoms with van der Waals surface area (Å²) in [6.07, 6.45) is 3.42. The predicted octanol–water partition coefficient (Wildman–Crippen LogP) is 1.68. The molecule has 2 aliphatic heterocycles. The van der Waals surface area contributed by atoms with Crippen molar-refractivity contribution in [2.45, 2.75) is 6.54 Å². The molecule has 8 heteroatoms. The monoisotopic (exact) mass is 392 g/mol. The Morgan fingerprint density at radius 2 is 1.83 bits per heavy atom. The predicted molar refractivity (Wildman–Crippen MR) is 109 cm³/mol. The summed E-state index contributed by atoms with van der Waals surface area (Å²) in [4.78, 5) is 30.6. The molecule has 0 radical (unpaired) electrons. The van der Waals surface area contributed by atoms with E-state index in [1.165, 1.54) is 0 Å². The molecule has 0 bridgehead atoms. The average Bonchev–Trinajstić information content (AvgIpc) is 3.45. The largest absolute Gasteiger partial charge is 0.383 e. The minimum Gasteiger partial charge on any atom is -0.383 e. The maximum Gasteiger partial charge on any atom is 0.253 e. The fourth-order valence-electron chi connectivity index (χ4n) is 4.55. The van der Waals surface area contributed by atoms with Crippen LogP contribution in [0.1, 0.15) is 10.4 Å². The highest BCUT2D eigenvalue weighted by Gasteiger charge is 2.42. The molecule has 2 aromatic heterocycles. The smallest absolute Gasteiger partial charge is 0.253 e. The molecule has 0 saturated carbocycles. The molecule has 2 atom stereocenters. The molecule has 2 aliphatic rings. The van der Waals surface area contributed by atoms with Crippen molar-refractivity contribution in [3.8, 4) is 0 Å². The fraction of sp³-hybridized carbons (Fsp3) is 0.429. The zero-order valence-electron chi connectivity index (χ0n) is 16.4. The number of imidazole rings is 1. The van der Waals surface area contributed by atoms with Gasteiger partial charge in [-0.25, -0.2) is 15.0 Å². The number of carbonyl (C=O) groups is 1. The molecule has 1 aromatic carbocycles. The number of aromatic nitrogens is 4. The van der Waals surface area contributed by atoms with E-state index in [1.807, 2.05) is 39.8 Å². The number of ether oxygens (including phenoxy) is 1. The third kappa shape index (κ3) is 3.23. The van der Waals surface area contributed by atoms with Crippen LogP contribution >= 0.6 is 0 Å². The van der Waals surface area contributed by atoms with E-state index >= 15 is 0 Å². The highest BCUT2D eigenvalue weighted by atomic mass is 16.5. The first kappa shape index (κ1) is 18.1. The van der Waals surface area contributed by atoms with E-state index in [2.05, 4.69) is 19.9 Å². The number of rotatable bonds is 5. The van der Waals surface area contributed by atoms with Crippen LogP contribution in [0.3, 0.4) is 0 Å². The molecule has 0 aliphatic carbocycles. The fourth-order valence-corrected chi connectivity index (χ4v) is 4.55. The van der Waals surface area contributed by atoms with E-state index in [1.54, 1.807) is 19.8 Å². The lowest BCUT2D eigenvalue weighted by Gasteiger charge is -2.22. The summed E-state index contributed by atoms with van der Waals surface area (Å²) in [6, 6.07) is 9.54. The lowest BCUT2D eigenvalue weighted by Crippen LogP contribution is -2.33. The lowest BCUT2D eigenvalue weighted by atomic mass is 10.0. The molecule has 8 nitrogen and oxygen atoms in total. The van der Waals surface area contributed by atoms with Gasteiger partial charge in [-0.3, -0.25) is 4.79 Å². The van der Waals surface area contributed by atoms with Crippen molar-refractivity contribution in [3.05, 3.63) is 48.5 Å². The van der Waals surface area contributed by atoms with Crippen LogP contribution in [0.4, 0.5) is 5.82 Å². The first-order valence-corrected chi connectivity index (χ1v) is 9.98. The van der Waals surface area contributed by atoms with Crippen LogP contribution in [-0.4, -0.2) is 70.2 Å². The molecule has 1 amide bonds. The molecule has 0 spiro atoms. The van der Waals surface area contributed by atoms with Crippen LogP contribution in [0, 0.1) is 11.8 Å². The van der Waals surface area contributed by atoms with Crippen molar-refractivity contribution in [2.24, 2.45) is 11.8 Å². The first-order chi connectivity index (χ1) is 14.2. The Bertz CT molecular complexity index is 1010. The van der Waals surface area contributed by atoms with Crippen LogP contribution in [0.15, 0.2) is 43.0 Å². The summed E-state index contributed by atoms with van der Waals surface area (Å²) >= 11 is 0. The number of amides is 1. The van der Waals surface area contributed by atoms with Crippen molar-refractivity contribution in [2.75, 3.05) is 44.8 Å². The summed E-state index contributed by atoms with van der Waals surface area (Å²) in [5.41, 5.74) is 2.44. The Labute approximate surface area is 169 Å². The molecule has 0 N–H and O–H groups in total. The van der Waals surface area contributed by atoms with Gasteiger partial charge < -0.3 is 19.1 Å². The Morgan fingerprint density at radius 3 is 2.55 bits per heavy atom. The second kappa shape index (κ2) is 7.44. The zero-order valence-corrected chi connectivity index (χ0v) is 16.4. The number of anilines is 1. The summed E-state index contributed by atoms with van der Waals surface area (Å²) in [6.45, 7) is 4.70. The van der Waals surface area contributed by atoms with E-state index in [4.69, 9.17) is 4.74 Å². The molecular weight excluding hydrogens is 368 g/mol. The SMILES string of the molecule is COCCn1cnc2c(N3CC4CN(C(=O)c5ccccc5)CC4C3)ncnc21. The van der Waals surface area contributed by atoms with Gasteiger partial charge in [-0.2, -0.15) is 0 Å². The number of likely N-dealkylation sites (tertiary alicyclic amines) is 1. The highest BCUT2D eigenvalue weighted by molar-refractivity contribution is 5.94. The normalized spacial score (nSPS) is 21.1. The summed E-state index contributed by atoms with van der Waals surface area (Å²) in [5.74, 6) is 1.95. The third-order valence-electron chi connectivity index (χ3n) is 6.01. The van der Waals surface area contributed by atoms with Crippen molar-refractivity contribution in [1.29, 1.82) is 0 Å². The van der Waals surface area contributed by atoms with Crippen LogP contribution in [0.2, 0.25) is 0 Å². The average molecular weight is 392 g/mol. The summed E-state index contributed by atoms with van der Waals surface area (Å²) < 4.78 is 7.17. The summed E-state index contributed by atoms with van der Waals surface area (Å²) in [7, 11) is 1.69. The maximum absolute atomic E-state index is 12.8. The van der Waals surface area contributed by atoms with Gasteiger partial charge >= 0.3 is 0 Å². The van der Waals surface area contributed by atoms with Gasteiger partial charge in [0.05, 0.1) is 12.9 Å². The Hall–Kier alpha value is -3.00. The van der Waals surface area contributed by atoms with E-state index in [9.17, 15) is 4.79 Å². The van der Waals surface area contributed by atoms with Gasteiger partial charge in [-0.1, -0.05) is 18.2 Å². The van der Waals surface area contributed by atoms with E-state index in [0.29, 0.717) is 25.0 Å². The molecule has 29 heavy (non-hydrogen) atoms. The second-order valence-corrected chi connectivity index (χ2v) is 7.80. The van der Waals surface area contributed by atoms with Crippen molar-refractivity contribution in [1.82, 2.24) is 24.4 Å². The van der Waals surface area contributed by atoms with Gasteiger partial charge in [0.15, 0.2) is 17.0 Å². The van der Waals surface area contributed by atoms with Crippen LogP contribution in [0.5, 0.6) is 0 Å². The lowest BCUT2D eigenvalue weighted by molar-refractivity contribution is 0.0782. The number of methoxy groups -OCH3 is 1. The van der Waals surface area contributed by atoms with Gasteiger partial charge in [0.2, 0.25) is 0 Å². The standard InChI is InChI=1S/C21H24N6O2/c1-29-8-7-25-14-24-18-19(25)22-13-23-20(18)26-9-16-11-27(12-17(16)10-26)21(28)15-5-3-2-4-6-15/h2-6,13-14,16-17H,7-12H2,1H3. The molecule has 3 aromatic rings. The van der Waals surface area contributed by atoms with Gasteiger partial charge in [0.1, 0.15) is 6.33 Å². The number of fused-ring (bicyclic) bond motifs is 2. The molecule has 5 rings (SSSR count). The quantitative estimate of drug-likeness (QED) is 0.658. The molecule has 150 valence electrons. The topological polar surface area (TPSA) is 76.4 Å². The van der Waals surface area contributed by atoms with Crippen molar-refractivity contribution < 1.29 is 9.53 Å². The molecular formula is C21H24N6O2. The van der Waals surface area contributed by atoms with Crippen molar-refractivity contribution >= 4 is 22.9 Å². The highest BCUT2D eigenvalue weighted by Crippen LogP contribution is 2.35. The van der Waals surface area contributed by atoms with Gasteiger partial charge in [0.25, 0.3) is 5.91 Å². The number of hydrogen-bond donors (Lipinski definition) is 0. The molecule has 4 heterocycles. The van der Waals surface area contributed by atoms with Crippen molar-refractivity contribution in [3.63, 3.8) is 0 Å². The third-order valence-corrected chi connectivity index (χ3v) is 6.01. The van der Waals surface area contributed by atoms with Crippen LogP contribution in [-0.2, 0) is 11.3 Å². The van der Waals surface area contributed by atoms with Gasteiger partial charge in [-0.15, -0.1) is 0 Å². The molecule has 2 unspecified atom stereocenters. The Balaban J connectivity index is 1.31. The number of hydrogen-bond acceptors (Lipinski definition) is 6. The molecule has 2 fully saturated rings. The number of benzene rings is 1. The Kier molecular flexibility index (Phi) is 4.63. The summed E-state index contributed by atoms with van der Waals surface area (Å²) in [5, 5.41) is 0. The minimum atomic E-state index is 0.132. The zero-order chi connectivity index (χ0) is 19.8. The number of carbonyl (C=O) groups excluding carboxylic acids is 1. The maximum atomic E-state index is 12.8. The van der Waals surface area contributed by atoms with Gasteiger partial charge in [0, 0.05) is 57.2 Å². The van der Waals surface area contributed by atoms with Crippen LogP contribution < -0.4 is 4.90 Å². The van der Waals surface area contributed by atoms with E-state index < -0.39 is 0 Å². The van der Waals surface area contributed by atoms with E-state index in [-0.39, 0.29) is 5.91 Å². The molecule has 2 saturated heterocycles. The van der Waals surface area contributed by atoms with E-state index in [0.717, 1.165) is 48.7 Å². The second-order valence-electron chi connectivity index (χ2n) is 7.80. The van der Waals surface area contributed by atoms with Gasteiger partial charge in [-0.05, 0) is 12.1 Å². The number of nitrogens with zero attached hydrogens (tertiary/aromatic N) is 6. The first-order valence-electron chi connectivity index (χ1n) is 9.98.